The van der Waals surface area contributed by atoms with Gasteiger partial charge in [-0.05, 0) is 56.3 Å². The molecule has 4 fully saturated rings. The van der Waals surface area contributed by atoms with E-state index in [9.17, 15) is 9.90 Å². The molecule has 0 saturated heterocycles. The third-order valence-corrected chi connectivity index (χ3v) is 6.54. The largest absolute Gasteiger partial charge is 0.377 e. The first kappa shape index (κ1) is 12.7. The van der Waals surface area contributed by atoms with Gasteiger partial charge in [0.05, 0.1) is 0 Å². The number of aliphatic hydroxyl groups is 1. The number of hydrogen-bond donors (Lipinski definition) is 1. The third-order valence-electron chi connectivity index (χ3n) is 6.54. The Kier molecular flexibility index (Phi) is 2.67. The minimum Gasteiger partial charge on any atom is -0.377 e. The van der Waals surface area contributed by atoms with Crippen LogP contribution >= 0.6 is 0 Å². The number of rotatable bonds is 0. The fraction of sp³-hybridized carbons (Fsp3) is 0.722. The van der Waals surface area contributed by atoms with Crippen LogP contribution in [0, 0.1) is 36.0 Å². The Labute approximate surface area is 120 Å². The highest BCUT2D eigenvalue weighted by atomic mass is 16.3. The van der Waals surface area contributed by atoms with Crippen LogP contribution in [-0.4, -0.2) is 16.5 Å². The van der Waals surface area contributed by atoms with Crippen molar-refractivity contribution in [3.63, 3.8) is 0 Å². The van der Waals surface area contributed by atoms with Gasteiger partial charge in [0, 0.05) is 18.8 Å². The molecule has 4 aliphatic carbocycles. The lowest BCUT2D eigenvalue weighted by Crippen LogP contribution is -2.39. The van der Waals surface area contributed by atoms with Gasteiger partial charge in [0.1, 0.15) is 11.4 Å². The maximum absolute atomic E-state index is 11.4. The molecule has 0 unspecified atom stereocenters. The lowest BCUT2D eigenvalue weighted by atomic mass is 9.73. The molecule has 0 aromatic heterocycles. The fourth-order valence-corrected chi connectivity index (χ4v) is 5.56. The summed E-state index contributed by atoms with van der Waals surface area (Å²) < 4.78 is 0. The van der Waals surface area contributed by atoms with Crippen LogP contribution in [0.25, 0.3) is 0 Å². The standard InChI is InChI=1S/C18H22O2/c1-2-18(20)10-13-9-17(18)16-8-12(7-15(13)16)11-3-5-14(19)6-4-11/h1,13,15-17,20H,3-10H2/t13-,15-,16-,17-,18-/m1/s1. The monoisotopic (exact) mass is 270 g/mol. The van der Waals surface area contributed by atoms with Crippen molar-refractivity contribution < 1.29 is 9.90 Å². The molecule has 0 aromatic rings. The number of carbonyl (C=O) groups excluding carboxylic acids is 1. The van der Waals surface area contributed by atoms with Gasteiger partial charge >= 0.3 is 0 Å². The lowest BCUT2D eigenvalue weighted by molar-refractivity contribution is -0.119. The van der Waals surface area contributed by atoms with E-state index in [2.05, 4.69) is 5.92 Å². The van der Waals surface area contributed by atoms with Gasteiger partial charge in [0.25, 0.3) is 0 Å². The van der Waals surface area contributed by atoms with Crippen LogP contribution in [0.1, 0.15) is 51.4 Å². The van der Waals surface area contributed by atoms with Crippen molar-refractivity contribution in [2.24, 2.45) is 23.7 Å². The average Bonchev–Trinajstić information content (AvgIpc) is 3.09. The molecule has 2 heteroatoms. The number of fused-ring (bicyclic) bond motifs is 5. The van der Waals surface area contributed by atoms with Crippen molar-refractivity contribution in [3.8, 4) is 12.3 Å². The smallest absolute Gasteiger partial charge is 0.133 e. The van der Waals surface area contributed by atoms with E-state index in [1.165, 1.54) is 6.42 Å². The van der Waals surface area contributed by atoms with Crippen LogP contribution in [0.2, 0.25) is 0 Å². The molecule has 4 aliphatic rings. The van der Waals surface area contributed by atoms with Gasteiger partial charge in [0.15, 0.2) is 0 Å². The Morgan fingerprint density at radius 1 is 1.10 bits per heavy atom. The molecule has 0 amide bonds. The summed E-state index contributed by atoms with van der Waals surface area (Å²) in [5, 5.41) is 10.6. The second-order valence-electron chi connectivity index (χ2n) is 7.36. The number of Topliss-reactive ketones (excluding diaryl/α,β-unsaturated/α-hetero) is 1. The third kappa shape index (κ3) is 1.66. The zero-order valence-electron chi connectivity index (χ0n) is 11.9. The molecule has 0 radical (unpaired) electrons. The number of allylic oxidation sites excluding steroid dienone is 2. The average molecular weight is 270 g/mol. The number of hydrogen-bond acceptors (Lipinski definition) is 2. The lowest BCUT2D eigenvalue weighted by Gasteiger charge is -2.34. The van der Waals surface area contributed by atoms with Crippen LogP contribution in [0.4, 0.5) is 0 Å². The van der Waals surface area contributed by atoms with Crippen molar-refractivity contribution in [1.29, 1.82) is 0 Å². The zero-order chi connectivity index (χ0) is 13.9. The Bertz CT molecular complexity index is 526. The van der Waals surface area contributed by atoms with Crippen molar-refractivity contribution in [2.45, 2.75) is 57.0 Å². The molecule has 2 nitrogen and oxygen atoms in total. The van der Waals surface area contributed by atoms with Crippen molar-refractivity contribution in [2.75, 3.05) is 0 Å². The van der Waals surface area contributed by atoms with E-state index >= 15 is 0 Å². The first-order valence-corrected chi connectivity index (χ1v) is 8.02. The highest BCUT2D eigenvalue weighted by Gasteiger charge is 2.60. The first-order valence-electron chi connectivity index (χ1n) is 8.02. The molecule has 1 N–H and O–H groups in total. The van der Waals surface area contributed by atoms with E-state index in [1.54, 1.807) is 11.1 Å². The predicted molar refractivity (Wildman–Crippen MR) is 76.7 cm³/mol. The van der Waals surface area contributed by atoms with Crippen LogP contribution in [0.15, 0.2) is 11.1 Å². The topological polar surface area (TPSA) is 37.3 Å². The van der Waals surface area contributed by atoms with Crippen LogP contribution in [0.3, 0.4) is 0 Å². The van der Waals surface area contributed by atoms with E-state index < -0.39 is 5.60 Å². The molecule has 4 saturated carbocycles. The maximum Gasteiger partial charge on any atom is 0.133 e. The summed E-state index contributed by atoms with van der Waals surface area (Å²) in [7, 11) is 0. The van der Waals surface area contributed by atoms with E-state index in [1.807, 2.05) is 0 Å². The maximum atomic E-state index is 11.4. The highest BCUT2D eigenvalue weighted by Crippen LogP contribution is 2.63. The summed E-state index contributed by atoms with van der Waals surface area (Å²) in [6.07, 6.45) is 13.4. The summed E-state index contributed by atoms with van der Waals surface area (Å²) in [6.45, 7) is 0. The summed E-state index contributed by atoms with van der Waals surface area (Å²) in [5.74, 6) is 5.43. The Balaban J connectivity index is 1.57. The van der Waals surface area contributed by atoms with Gasteiger partial charge in [-0.25, -0.2) is 0 Å². The number of terminal acetylenes is 1. The summed E-state index contributed by atoms with van der Waals surface area (Å²) >= 11 is 0. The second-order valence-corrected chi connectivity index (χ2v) is 7.36. The van der Waals surface area contributed by atoms with Crippen LogP contribution in [-0.2, 0) is 4.79 Å². The van der Waals surface area contributed by atoms with E-state index in [0.717, 1.165) is 50.9 Å². The molecular formula is C18H22O2. The van der Waals surface area contributed by atoms with Gasteiger partial charge in [-0.15, -0.1) is 6.42 Å². The molecule has 5 atom stereocenters. The Morgan fingerprint density at radius 3 is 2.50 bits per heavy atom. The number of carbonyl (C=O) groups is 1. The summed E-state index contributed by atoms with van der Waals surface area (Å²) in [5.41, 5.74) is 2.35. The van der Waals surface area contributed by atoms with Gasteiger partial charge < -0.3 is 5.11 Å². The molecular weight excluding hydrogens is 248 g/mol. The van der Waals surface area contributed by atoms with Gasteiger partial charge in [-0.2, -0.15) is 0 Å². The fourth-order valence-electron chi connectivity index (χ4n) is 5.56. The SMILES string of the molecule is C#C[C@@]1(O)C[C@H]2C[C@@H]1[C@@H]1CC(=C3CCC(=O)CC3)C[C@H]21. The van der Waals surface area contributed by atoms with E-state index in [0.29, 0.717) is 23.5 Å². The Hall–Kier alpha value is -1.07. The normalized spacial score (nSPS) is 46.7. The van der Waals surface area contributed by atoms with Gasteiger partial charge in [-0.3, -0.25) is 4.79 Å². The van der Waals surface area contributed by atoms with Crippen molar-refractivity contribution in [1.82, 2.24) is 0 Å². The van der Waals surface area contributed by atoms with Crippen molar-refractivity contribution >= 4 is 5.78 Å². The van der Waals surface area contributed by atoms with Crippen LogP contribution in [0.5, 0.6) is 0 Å². The van der Waals surface area contributed by atoms with E-state index in [4.69, 9.17) is 6.42 Å². The minimum absolute atomic E-state index is 0.325. The minimum atomic E-state index is -0.825. The predicted octanol–water partition coefficient (Wildman–Crippen LogP) is 2.86. The van der Waals surface area contributed by atoms with Crippen molar-refractivity contribution in [3.05, 3.63) is 11.1 Å². The molecule has 2 bridgehead atoms. The highest BCUT2D eigenvalue weighted by molar-refractivity contribution is 5.80. The molecule has 20 heavy (non-hydrogen) atoms. The van der Waals surface area contributed by atoms with E-state index in [-0.39, 0.29) is 0 Å². The first-order chi connectivity index (χ1) is 9.60. The molecule has 4 rings (SSSR count). The van der Waals surface area contributed by atoms with Crippen LogP contribution < -0.4 is 0 Å². The molecule has 0 spiro atoms. The summed E-state index contributed by atoms with van der Waals surface area (Å²) in [4.78, 5) is 11.4. The second kappa shape index (κ2) is 4.21. The molecule has 0 aliphatic heterocycles. The van der Waals surface area contributed by atoms with Gasteiger partial charge in [-0.1, -0.05) is 17.1 Å². The molecule has 106 valence electrons. The molecule has 0 heterocycles. The summed E-state index contributed by atoms with van der Waals surface area (Å²) in [6, 6.07) is 0. The number of ketones is 1. The quantitative estimate of drug-likeness (QED) is 0.543. The zero-order valence-corrected chi connectivity index (χ0v) is 11.9. The van der Waals surface area contributed by atoms with Gasteiger partial charge in [0.2, 0.25) is 0 Å². The Morgan fingerprint density at radius 2 is 1.80 bits per heavy atom. The molecule has 0 aromatic carbocycles.